The number of hydrogen-bond acceptors (Lipinski definition) is 4. The third-order valence-electron chi connectivity index (χ3n) is 5.18. The maximum Gasteiger partial charge on any atom is 0.262 e. The molecule has 6 heteroatoms. The second kappa shape index (κ2) is 7.40. The van der Waals surface area contributed by atoms with Crippen LogP contribution in [0.15, 0.2) is 42.5 Å². The molecule has 4 rings (SSSR count). The van der Waals surface area contributed by atoms with Crippen molar-refractivity contribution in [2.45, 2.75) is 13.5 Å². The summed E-state index contributed by atoms with van der Waals surface area (Å²) in [7, 11) is 0. The van der Waals surface area contributed by atoms with Crippen LogP contribution in [0.2, 0.25) is 0 Å². The van der Waals surface area contributed by atoms with Crippen LogP contribution in [0.25, 0.3) is 0 Å². The zero-order valence-corrected chi connectivity index (χ0v) is 15.4. The highest BCUT2D eigenvalue weighted by atomic mass is 16.5. The molecule has 0 aromatic heterocycles. The number of aryl methyl sites for hydroxylation is 1. The van der Waals surface area contributed by atoms with E-state index < -0.39 is 0 Å². The van der Waals surface area contributed by atoms with Gasteiger partial charge in [0.05, 0.1) is 5.69 Å². The van der Waals surface area contributed by atoms with Crippen LogP contribution in [0.3, 0.4) is 0 Å². The van der Waals surface area contributed by atoms with Gasteiger partial charge in [-0.15, -0.1) is 0 Å². The number of benzene rings is 2. The Morgan fingerprint density at radius 2 is 1.89 bits per heavy atom. The zero-order valence-electron chi connectivity index (χ0n) is 15.4. The van der Waals surface area contributed by atoms with E-state index >= 15 is 0 Å². The molecule has 1 saturated heterocycles. The fourth-order valence-electron chi connectivity index (χ4n) is 3.53. The van der Waals surface area contributed by atoms with Crippen LogP contribution >= 0.6 is 0 Å². The number of amides is 2. The smallest absolute Gasteiger partial charge is 0.262 e. The molecule has 2 aliphatic rings. The molecule has 0 atom stereocenters. The minimum atomic E-state index is -0.175. The Kier molecular flexibility index (Phi) is 4.81. The Balaban J connectivity index is 1.37. The van der Waals surface area contributed by atoms with E-state index in [1.807, 2.05) is 4.90 Å². The van der Waals surface area contributed by atoms with E-state index in [1.165, 1.54) is 11.1 Å². The second-order valence-electron chi connectivity index (χ2n) is 7.04. The number of fused-ring (bicyclic) bond motifs is 1. The molecule has 1 N–H and O–H groups in total. The summed E-state index contributed by atoms with van der Waals surface area (Å²) in [6.07, 6.45) is 0. The third kappa shape index (κ3) is 3.80. The van der Waals surface area contributed by atoms with Crippen LogP contribution in [-0.2, 0) is 11.3 Å². The predicted octanol–water partition coefficient (Wildman–Crippen LogP) is 2.28. The Hall–Kier alpha value is -2.86. The molecule has 0 saturated carbocycles. The van der Waals surface area contributed by atoms with Gasteiger partial charge < -0.3 is 15.0 Å². The highest BCUT2D eigenvalue weighted by molar-refractivity contribution is 5.99. The molecule has 2 aliphatic heterocycles. The Labute approximate surface area is 158 Å². The van der Waals surface area contributed by atoms with Gasteiger partial charge in [0, 0.05) is 38.3 Å². The standard InChI is InChI=1S/C21H23N3O3/c1-15-4-2-3-5-17(15)13-23-8-10-24(11-9-23)21(26)16-6-7-18-19(12-16)27-14-20(25)22-18/h2-7,12H,8-11,13-14H2,1H3,(H,22,25). The molecule has 6 nitrogen and oxygen atoms in total. The van der Waals surface area contributed by atoms with Crippen molar-refractivity contribution in [3.63, 3.8) is 0 Å². The van der Waals surface area contributed by atoms with Crippen molar-refractivity contribution in [2.24, 2.45) is 0 Å². The van der Waals surface area contributed by atoms with Gasteiger partial charge in [-0.3, -0.25) is 14.5 Å². The van der Waals surface area contributed by atoms with Gasteiger partial charge in [0.25, 0.3) is 11.8 Å². The SMILES string of the molecule is Cc1ccccc1CN1CCN(C(=O)c2ccc3c(c2)OCC(=O)N3)CC1. The summed E-state index contributed by atoms with van der Waals surface area (Å²) in [5.74, 6) is 0.388. The Morgan fingerprint density at radius 3 is 2.67 bits per heavy atom. The van der Waals surface area contributed by atoms with Crippen molar-refractivity contribution in [3.05, 3.63) is 59.2 Å². The van der Waals surface area contributed by atoms with Crippen molar-refractivity contribution >= 4 is 17.5 Å². The lowest BCUT2D eigenvalue weighted by Crippen LogP contribution is -2.48. The average Bonchev–Trinajstić information content (AvgIpc) is 2.69. The Bertz CT molecular complexity index is 873. The summed E-state index contributed by atoms with van der Waals surface area (Å²) in [6, 6.07) is 13.6. The van der Waals surface area contributed by atoms with Crippen LogP contribution in [0.1, 0.15) is 21.5 Å². The van der Waals surface area contributed by atoms with Crippen LogP contribution < -0.4 is 10.1 Å². The highest BCUT2D eigenvalue weighted by Gasteiger charge is 2.24. The monoisotopic (exact) mass is 365 g/mol. The van der Waals surface area contributed by atoms with Gasteiger partial charge in [-0.2, -0.15) is 0 Å². The maximum absolute atomic E-state index is 12.8. The zero-order chi connectivity index (χ0) is 18.8. The number of carbonyl (C=O) groups is 2. The summed E-state index contributed by atoms with van der Waals surface area (Å²) in [5.41, 5.74) is 3.85. The molecule has 140 valence electrons. The van der Waals surface area contributed by atoms with Crippen molar-refractivity contribution < 1.29 is 14.3 Å². The number of rotatable bonds is 3. The summed E-state index contributed by atoms with van der Waals surface area (Å²) < 4.78 is 5.42. The van der Waals surface area contributed by atoms with Gasteiger partial charge in [-0.25, -0.2) is 0 Å². The highest BCUT2D eigenvalue weighted by Crippen LogP contribution is 2.29. The van der Waals surface area contributed by atoms with Crippen LogP contribution in [0.5, 0.6) is 5.75 Å². The van der Waals surface area contributed by atoms with E-state index in [2.05, 4.69) is 41.4 Å². The second-order valence-corrected chi connectivity index (χ2v) is 7.04. The fraction of sp³-hybridized carbons (Fsp3) is 0.333. The molecule has 1 fully saturated rings. The summed E-state index contributed by atoms with van der Waals surface area (Å²) in [6.45, 7) is 6.17. The molecule has 0 spiro atoms. The molecule has 2 aromatic rings. The molecule has 2 heterocycles. The number of nitrogens with zero attached hydrogens (tertiary/aromatic N) is 2. The van der Waals surface area contributed by atoms with Gasteiger partial charge >= 0.3 is 0 Å². The average molecular weight is 365 g/mol. The Morgan fingerprint density at radius 1 is 1.11 bits per heavy atom. The van der Waals surface area contributed by atoms with Crippen molar-refractivity contribution in [1.82, 2.24) is 9.80 Å². The van der Waals surface area contributed by atoms with Gasteiger partial charge in [-0.05, 0) is 36.2 Å². The van der Waals surface area contributed by atoms with Crippen molar-refractivity contribution in [3.8, 4) is 5.75 Å². The molecule has 0 aliphatic carbocycles. The normalized spacial score (nSPS) is 17.1. The molecule has 2 amide bonds. The topological polar surface area (TPSA) is 61.9 Å². The van der Waals surface area contributed by atoms with E-state index in [9.17, 15) is 9.59 Å². The molecular formula is C21H23N3O3. The first-order valence-corrected chi connectivity index (χ1v) is 9.23. The van der Waals surface area contributed by atoms with E-state index in [-0.39, 0.29) is 18.4 Å². The largest absolute Gasteiger partial charge is 0.482 e. The van der Waals surface area contributed by atoms with E-state index in [0.717, 1.165) is 19.6 Å². The number of piperazine rings is 1. The van der Waals surface area contributed by atoms with Gasteiger partial charge in [0.2, 0.25) is 0 Å². The van der Waals surface area contributed by atoms with Gasteiger partial charge in [0.1, 0.15) is 5.75 Å². The van der Waals surface area contributed by atoms with E-state index in [1.54, 1.807) is 18.2 Å². The van der Waals surface area contributed by atoms with Gasteiger partial charge in [0.15, 0.2) is 6.61 Å². The predicted molar refractivity (Wildman–Crippen MR) is 103 cm³/mol. The molecule has 27 heavy (non-hydrogen) atoms. The number of carbonyl (C=O) groups excluding carboxylic acids is 2. The first-order valence-electron chi connectivity index (χ1n) is 9.23. The lowest BCUT2D eigenvalue weighted by atomic mass is 10.1. The summed E-state index contributed by atoms with van der Waals surface area (Å²) in [4.78, 5) is 28.5. The van der Waals surface area contributed by atoms with Gasteiger partial charge in [-0.1, -0.05) is 24.3 Å². The third-order valence-corrected chi connectivity index (χ3v) is 5.18. The van der Waals surface area contributed by atoms with Crippen molar-refractivity contribution in [2.75, 3.05) is 38.1 Å². The van der Waals surface area contributed by atoms with Crippen LogP contribution in [0, 0.1) is 6.92 Å². The molecule has 2 aromatic carbocycles. The molecule has 0 unspecified atom stereocenters. The lowest BCUT2D eigenvalue weighted by molar-refractivity contribution is -0.118. The van der Waals surface area contributed by atoms with E-state index in [0.29, 0.717) is 30.1 Å². The minimum absolute atomic E-state index is 0.00819. The first-order chi connectivity index (χ1) is 13.1. The summed E-state index contributed by atoms with van der Waals surface area (Å²) >= 11 is 0. The number of nitrogens with one attached hydrogen (secondary N) is 1. The summed E-state index contributed by atoms with van der Waals surface area (Å²) in [5, 5.41) is 2.74. The maximum atomic E-state index is 12.8. The number of anilines is 1. The number of hydrogen-bond donors (Lipinski definition) is 1. The minimum Gasteiger partial charge on any atom is -0.482 e. The van der Waals surface area contributed by atoms with E-state index in [4.69, 9.17) is 4.74 Å². The molecular weight excluding hydrogens is 342 g/mol. The fourth-order valence-corrected chi connectivity index (χ4v) is 3.53. The van der Waals surface area contributed by atoms with Crippen LogP contribution in [-0.4, -0.2) is 54.4 Å². The molecule has 0 radical (unpaired) electrons. The number of ether oxygens (including phenoxy) is 1. The lowest BCUT2D eigenvalue weighted by Gasteiger charge is -2.35. The first kappa shape index (κ1) is 17.5. The quantitative estimate of drug-likeness (QED) is 0.907. The van der Waals surface area contributed by atoms with Crippen LogP contribution in [0.4, 0.5) is 5.69 Å². The van der Waals surface area contributed by atoms with Crippen molar-refractivity contribution in [1.29, 1.82) is 0 Å². The molecule has 0 bridgehead atoms.